The third-order valence-corrected chi connectivity index (χ3v) is 4.06. The van der Waals surface area contributed by atoms with Gasteiger partial charge in [0.1, 0.15) is 11.4 Å². The summed E-state index contributed by atoms with van der Waals surface area (Å²) >= 11 is 0. The second-order valence-electron chi connectivity index (χ2n) is 7.18. The molecule has 0 atom stereocenters. The number of hydrogen-bond donors (Lipinski definition) is 1. The van der Waals surface area contributed by atoms with Gasteiger partial charge in [0.2, 0.25) is 0 Å². The molecule has 1 N–H and O–H groups in total. The first-order valence-electron chi connectivity index (χ1n) is 8.05. The maximum absolute atomic E-state index is 12.1. The highest BCUT2D eigenvalue weighted by Crippen LogP contribution is 2.30. The fraction of sp³-hybridized carbons (Fsp3) is 0.611. The Bertz CT molecular complexity index is 542. The number of carbonyl (C=O) groups excluding carboxylic acids is 1. The number of benzene rings is 1. The minimum absolute atomic E-state index is 0.308. The summed E-state index contributed by atoms with van der Waals surface area (Å²) < 4.78 is 10.7. The third kappa shape index (κ3) is 4.86. The van der Waals surface area contributed by atoms with E-state index >= 15 is 0 Å². The Morgan fingerprint density at radius 3 is 2.43 bits per heavy atom. The molecule has 1 fully saturated rings. The number of ether oxygens (including phenoxy) is 2. The number of likely N-dealkylation sites (tertiary alicyclic amines) is 1. The van der Waals surface area contributed by atoms with Crippen molar-refractivity contribution < 1.29 is 19.4 Å². The molecule has 0 aliphatic carbocycles. The molecule has 1 heterocycles. The van der Waals surface area contributed by atoms with Crippen LogP contribution in [0.1, 0.15) is 39.2 Å². The molecule has 23 heavy (non-hydrogen) atoms. The predicted molar refractivity (Wildman–Crippen MR) is 88.7 cm³/mol. The van der Waals surface area contributed by atoms with Crippen LogP contribution >= 0.6 is 0 Å². The number of piperidine rings is 1. The van der Waals surface area contributed by atoms with Crippen LogP contribution in [0.25, 0.3) is 0 Å². The average Bonchev–Trinajstić information content (AvgIpc) is 2.46. The summed E-state index contributed by atoms with van der Waals surface area (Å²) in [5.74, 6) is 0.787. The summed E-state index contributed by atoms with van der Waals surface area (Å²) in [5, 5.41) is 10.8. The monoisotopic (exact) mass is 321 g/mol. The largest absolute Gasteiger partial charge is 0.496 e. The van der Waals surface area contributed by atoms with Gasteiger partial charge in [0.05, 0.1) is 12.7 Å². The van der Waals surface area contributed by atoms with Gasteiger partial charge < -0.3 is 19.5 Å². The minimum atomic E-state index is -0.812. The fourth-order valence-corrected chi connectivity index (χ4v) is 2.81. The van der Waals surface area contributed by atoms with Crippen LogP contribution in [0, 0.1) is 0 Å². The van der Waals surface area contributed by atoms with Gasteiger partial charge in [-0.3, -0.25) is 0 Å². The number of rotatable bonds is 3. The van der Waals surface area contributed by atoms with Gasteiger partial charge in [-0.1, -0.05) is 18.2 Å². The van der Waals surface area contributed by atoms with Gasteiger partial charge in [-0.25, -0.2) is 4.79 Å². The van der Waals surface area contributed by atoms with E-state index in [0.29, 0.717) is 32.4 Å². The molecule has 1 amide bonds. The van der Waals surface area contributed by atoms with Crippen molar-refractivity contribution in [2.24, 2.45) is 0 Å². The van der Waals surface area contributed by atoms with Crippen LogP contribution in [0.5, 0.6) is 5.75 Å². The predicted octanol–water partition coefficient (Wildman–Crippen LogP) is 3.00. The molecule has 1 aliphatic rings. The molecule has 5 heteroatoms. The van der Waals surface area contributed by atoms with Crippen LogP contribution in [0.2, 0.25) is 0 Å². The van der Waals surface area contributed by atoms with Gasteiger partial charge >= 0.3 is 6.09 Å². The first-order valence-corrected chi connectivity index (χ1v) is 8.05. The van der Waals surface area contributed by atoms with Crippen LogP contribution in [-0.2, 0) is 11.2 Å². The van der Waals surface area contributed by atoms with Gasteiger partial charge in [-0.2, -0.15) is 0 Å². The Labute approximate surface area is 138 Å². The van der Waals surface area contributed by atoms with E-state index in [1.165, 1.54) is 0 Å². The van der Waals surface area contributed by atoms with E-state index in [9.17, 15) is 9.90 Å². The van der Waals surface area contributed by atoms with Crippen LogP contribution in [-0.4, -0.2) is 47.5 Å². The first kappa shape index (κ1) is 17.6. The zero-order chi connectivity index (χ0) is 17.1. The molecule has 128 valence electrons. The summed E-state index contributed by atoms with van der Waals surface area (Å²) in [6, 6.07) is 7.72. The number of hydrogen-bond acceptors (Lipinski definition) is 4. The second-order valence-corrected chi connectivity index (χ2v) is 7.18. The molecule has 2 rings (SSSR count). The molecular weight excluding hydrogens is 294 g/mol. The van der Waals surface area contributed by atoms with Crippen molar-refractivity contribution in [1.29, 1.82) is 0 Å². The molecule has 1 aromatic rings. The molecule has 1 aromatic carbocycles. The second kappa shape index (κ2) is 6.79. The Hall–Kier alpha value is -1.75. The molecule has 0 radical (unpaired) electrons. The number of aliphatic hydroxyl groups is 1. The molecule has 0 bridgehead atoms. The standard InChI is InChI=1S/C18H27NO4/c1-17(2,3)23-16(20)19-11-9-18(21,10-12-19)13-14-7-5-6-8-15(14)22-4/h5-8,21H,9-13H2,1-4H3. The number of amides is 1. The smallest absolute Gasteiger partial charge is 0.410 e. The minimum Gasteiger partial charge on any atom is -0.496 e. The van der Waals surface area contributed by atoms with E-state index in [1.807, 2.05) is 45.0 Å². The average molecular weight is 321 g/mol. The molecule has 0 spiro atoms. The summed E-state index contributed by atoms with van der Waals surface area (Å²) in [5.41, 5.74) is -0.321. The van der Waals surface area contributed by atoms with E-state index in [1.54, 1.807) is 12.0 Å². The Kier molecular flexibility index (Phi) is 5.19. The number of nitrogens with zero attached hydrogens (tertiary/aromatic N) is 1. The summed E-state index contributed by atoms with van der Waals surface area (Å²) in [6.45, 7) is 6.56. The van der Waals surface area contributed by atoms with Crippen LogP contribution in [0.4, 0.5) is 4.79 Å². The maximum Gasteiger partial charge on any atom is 0.410 e. The fourth-order valence-electron chi connectivity index (χ4n) is 2.81. The van der Waals surface area contributed by atoms with Gasteiger partial charge in [0.15, 0.2) is 0 Å². The lowest BCUT2D eigenvalue weighted by atomic mass is 9.85. The highest BCUT2D eigenvalue weighted by molar-refractivity contribution is 5.68. The lowest BCUT2D eigenvalue weighted by molar-refractivity contribution is -0.0317. The molecule has 1 aliphatic heterocycles. The number of methoxy groups -OCH3 is 1. The molecule has 0 saturated carbocycles. The van der Waals surface area contributed by atoms with Gasteiger partial charge in [0, 0.05) is 19.5 Å². The normalized spacial score (nSPS) is 17.7. The quantitative estimate of drug-likeness (QED) is 0.930. The van der Waals surface area contributed by atoms with E-state index in [4.69, 9.17) is 9.47 Å². The number of carbonyl (C=O) groups is 1. The summed E-state index contributed by atoms with van der Waals surface area (Å²) in [6.07, 6.45) is 1.28. The molecule has 0 unspecified atom stereocenters. The topological polar surface area (TPSA) is 59.0 Å². The summed E-state index contributed by atoms with van der Waals surface area (Å²) in [7, 11) is 1.63. The Morgan fingerprint density at radius 1 is 1.26 bits per heavy atom. The van der Waals surface area contributed by atoms with Gasteiger partial charge in [-0.05, 0) is 45.2 Å². The van der Waals surface area contributed by atoms with E-state index in [0.717, 1.165) is 11.3 Å². The molecular formula is C18H27NO4. The molecule has 1 saturated heterocycles. The lowest BCUT2D eigenvalue weighted by Crippen LogP contribution is -2.49. The van der Waals surface area contributed by atoms with Crippen LogP contribution in [0.15, 0.2) is 24.3 Å². The SMILES string of the molecule is COc1ccccc1CC1(O)CCN(C(=O)OC(C)(C)C)CC1. The third-order valence-electron chi connectivity index (χ3n) is 4.06. The zero-order valence-corrected chi connectivity index (χ0v) is 14.5. The maximum atomic E-state index is 12.1. The van der Waals surface area contributed by atoms with E-state index < -0.39 is 11.2 Å². The Morgan fingerprint density at radius 2 is 1.87 bits per heavy atom. The first-order chi connectivity index (χ1) is 10.7. The van der Waals surface area contributed by atoms with Crippen LogP contribution < -0.4 is 4.74 Å². The van der Waals surface area contributed by atoms with Gasteiger partial charge in [0.25, 0.3) is 0 Å². The number of para-hydroxylation sites is 1. The van der Waals surface area contributed by atoms with E-state index in [2.05, 4.69) is 0 Å². The van der Waals surface area contributed by atoms with E-state index in [-0.39, 0.29) is 6.09 Å². The van der Waals surface area contributed by atoms with Crippen LogP contribution in [0.3, 0.4) is 0 Å². The van der Waals surface area contributed by atoms with Crippen molar-refractivity contribution in [3.63, 3.8) is 0 Å². The lowest BCUT2D eigenvalue weighted by Gasteiger charge is -2.38. The van der Waals surface area contributed by atoms with Crippen molar-refractivity contribution in [1.82, 2.24) is 4.90 Å². The summed E-state index contributed by atoms with van der Waals surface area (Å²) in [4.78, 5) is 13.8. The van der Waals surface area contributed by atoms with Crippen molar-refractivity contribution in [3.05, 3.63) is 29.8 Å². The highest BCUT2D eigenvalue weighted by atomic mass is 16.6. The van der Waals surface area contributed by atoms with Crippen molar-refractivity contribution in [2.75, 3.05) is 20.2 Å². The van der Waals surface area contributed by atoms with Crippen molar-refractivity contribution in [2.45, 2.75) is 51.2 Å². The van der Waals surface area contributed by atoms with Crippen molar-refractivity contribution >= 4 is 6.09 Å². The Balaban J connectivity index is 1.96. The molecule has 0 aromatic heterocycles. The van der Waals surface area contributed by atoms with Gasteiger partial charge in [-0.15, -0.1) is 0 Å². The zero-order valence-electron chi connectivity index (χ0n) is 14.5. The highest BCUT2D eigenvalue weighted by Gasteiger charge is 2.36. The van der Waals surface area contributed by atoms with Crippen molar-refractivity contribution in [3.8, 4) is 5.75 Å². The molecule has 5 nitrogen and oxygen atoms in total.